The lowest BCUT2D eigenvalue weighted by Crippen LogP contribution is -2.07. The molecule has 22 heavy (non-hydrogen) atoms. The molecule has 0 aromatic heterocycles. The second-order valence-electron chi connectivity index (χ2n) is 4.80. The van der Waals surface area contributed by atoms with Gasteiger partial charge in [0.2, 0.25) is 0 Å². The van der Waals surface area contributed by atoms with Crippen molar-refractivity contribution in [3.05, 3.63) is 84.0 Å². The van der Waals surface area contributed by atoms with Crippen molar-refractivity contribution in [2.24, 2.45) is 0 Å². The fourth-order valence-electron chi connectivity index (χ4n) is 1.71. The maximum atomic E-state index is 11.9. The molecule has 0 saturated carbocycles. The Morgan fingerprint density at radius 3 is 2.23 bits per heavy atom. The minimum atomic E-state index is -0.456. The molecular formula is C19H16O3. The van der Waals surface area contributed by atoms with E-state index < -0.39 is 5.97 Å². The van der Waals surface area contributed by atoms with Crippen molar-refractivity contribution in [2.75, 3.05) is 0 Å². The number of rotatable bonds is 5. The summed E-state index contributed by atoms with van der Waals surface area (Å²) in [4.78, 5) is 23.3. The van der Waals surface area contributed by atoms with E-state index in [1.54, 1.807) is 49.4 Å². The normalized spacial score (nSPS) is 10.4. The summed E-state index contributed by atoms with van der Waals surface area (Å²) >= 11 is 0. The average Bonchev–Trinajstić information content (AvgIpc) is 2.54. The van der Waals surface area contributed by atoms with Gasteiger partial charge < -0.3 is 4.74 Å². The highest BCUT2D eigenvalue weighted by atomic mass is 16.5. The summed E-state index contributed by atoms with van der Waals surface area (Å²) in [6, 6.07) is 16.0. The molecule has 0 saturated heterocycles. The molecule has 0 fully saturated rings. The Labute approximate surface area is 129 Å². The van der Waals surface area contributed by atoms with Crippen LogP contribution in [0.1, 0.15) is 22.8 Å². The Balaban J connectivity index is 2.02. The first-order chi connectivity index (χ1) is 10.6. The number of carbonyl (C=O) groups excluding carboxylic acids is 2. The third-order valence-corrected chi connectivity index (χ3v) is 2.92. The van der Waals surface area contributed by atoms with Crippen molar-refractivity contribution in [2.45, 2.75) is 6.92 Å². The van der Waals surface area contributed by atoms with Gasteiger partial charge in [0.1, 0.15) is 5.75 Å². The number of hydrogen-bond acceptors (Lipinski definition) is 3. The molecule has 110 valence electrons. The van der Waals surface area contributed by atoms with E-state index in [1.807, 2.05) is 18.2 Å². The Bertz CT molecular complexity index is 710. The second kappa shape index (κ2) is 7.18. The van der Waals surface area contributed by atoms with Crippen LogP contribution < -0.4 is 4.74 Å². The highest BCUT2D eigenvalue weighted by Crippen LogP contribution is 2.15. The molecule has 0 amide bonds. The van der Waals surface area contributed by atoms with Crippen LogP contribution >= 0.6 is 0 Å². The lowest BCUT2D eigenvalue weighted by Gasteiger charge is -2.03. The molecule has 3 nitrogen and oxygen atoms in total. The van der Waals surface area contributed by atoms with Crippen LogP contribution in [0.2, 0.25) is 0 Å². The summed E-state index contributed by atoms with van der Waals surface area (Å²) in [6.07, 6.45) is 3.24. The molecule has 0 aliphatic heterocycles. The lowest BCUT2D eigenvalue weighted by molar-refractivity contribution is -0.130. The third-order valence-electron chi connectivity index (χ3n) is 2.92. The van der Waals surface area contributed by atoms with Crippen LogP contribution in [0.5, 0.6) is 5.75 Å². The predicted molar refractivity (Wildman–Crippen MR) is 86.7 cm³/mol. The van der Waals surface area contributed by atoms with Gasteiger partial charge in [-0.05, 0) is 30.7 Å². The van der Waals surface area contributed by atoms with Gasteiger partial charge in [-0.25, -0.2) is 4.79 Å². The quantitative estimate of drug-likeness (QED) is 0.361. The number of ketones is 1. The third kappa shape index (κ3) is 4.28. The number of allylic oxidation sites excluding steroid dienone is 1. The van der Waals surface area contributed by atoms with Gasteiger partial charge >= 0.3 is 5.97 Å². The van der Waals surface area contributed by atoms with Crippen LogP contribution in [0.3, 0.4) is 0 Å². The Morgan fingerprint density at radius 1 is 1.00 bits per heavy atom. The van der Waals surface area contributed by atoms with Crippen molar-refractivity contribution >= 4 is 17.8 Å². The number of carbonyl (C=O) groups is 2. The van der Waals surface area contributed by atoms with E-state index in [0.717, 1.165) is 5.56 Å². The fraction of sp³-hybridized carbons (Fsp3) is 0.0526. The molecule has 2 aromatic rings. The van der Waals surface area contributed by atoms with Crippen molar-refractivity contribution in [1.29, 1.82) is 0 Å². The van der Waals surface area contributed by atoms with Crippen LogP contribution in [-0.2, 0) is 4.79 Å². The summed E-state index contributed by atoms with van der Waals surface area (Å²) in [5.41, 5.74) is 1.84. The van der Waals surface area contributed by atoms with Crippen molar-refractivity contribution in [3.8, 4) is 5.75 Å². The summed E-state index contributed by atoms with van der Waals surface area (Å²) in [5.74, 6) is -0.0690. The predicted octanol–water partition coefficient (Wildman–Crippen LogP) is 4.06. The van der Waals surface area contributed by atoms with Gasteiger partial charge in [0.25, 0.3) is 0 Å². The van der Waals surface area contributed by atoms with E-state index in [-0.39, 0.29) is 5.78 Å². The fourth-order valence-corrected chi connectivity index (χ4v) is 1.71. The number of ether oxygens (including phenoxy) is 1. The molecule has 0 heterocycles. The van der Waals surface area contributed by atoms with Crippen LogP contribution in [0, 0.1) is 0 Å². The van der Waals surface area contributed by atoms with E-state index in [0.29, 0.717) is 16.9 Å². The average molecular weight is 292 g/mol. The van der Waals surface area contributed by atoms with Crippen molar-refractivity contribution < 1.29 is 14.3 Å². The lowest BCUT2D eigenvalue weighted by atomic mass is 10.1. The SMILES string of the molecule is C=C(C)C(=O)Oc1ccc(/C=C\C(=O)c2ccccc2)cc1. The smallest absolute Gasteiger partial charge is 0.338 e. The van der Waals surface area contributed by atoms with E-state index in [9.17, 15) is 9.59 Å². The van der Waals surface area contributed by atoms with Crippen molar-refractivity contribution in [3.63, 3.8) is 0 Å². The van der Waals surface area contributed by atoms with E-state index in [2.05, 4.69) is 6.58 Å². The van der Waals surface area contributed by atoms with Gasteiger partial charge in [-0.1, -0.05) is 55.1 Å². The zero-order chi connectivity index (χ0) is 15.9. The van der Waals surface area contributed by atoms with Crippen molar-refractivity contribution in [1.82, 2.24) is 0 Å². The molecular weight excluding hydrogens is 276 g/mol. The Morgan fingerprint density at radius 2 is 1.64 bits per heavy atom. The molecule has 0 aliphatic rings. The van der Waals surface area contributed by atoms with E-state index >= 15 is 0 Å². The van der Waals surface area contributed by atoms with Gasteiger partial charge in [0, 0.05) is 11.1 Å². The largest absolute Gasteiger partial charge is 0.423 e. The molecule has 2 aromatic carbocycles. The molecule has 3 heteroatoms. The van der Waals surface area contributed by atoms with E-state index in [1.165, 1.54) is 6.08 Å². The molecule has 0 spiro atoms. The molecule has 0 bridgehead atoms. The monoisotopic (exact) mass is 292 g/mol. The Kier molecular flexibility index (Phi) is 5.04. The Hall–Kier alpha value is -2.94. The van der Waals surface area contributed by atoms with Gasteiger partial charge in [-0.2, -0.15) is 0 Å². The molecule has 0 atom stereocenters. The highest BCUT2D eigenvalue weighted by molar-refractivity contribution is 6.06. The molecule has 2 rings (SSSR count). The first-order valence-corrected chi connectivity index (χ1v) is 6.81. The van der Waals surface area contributed by atoms with Gasteiger partial charge in [0.05, 0.1) is 0 Å². The molecule has 0 radical (unpaired) electrons. The summed E-state index contributed by atoms with van der Waals surface area (Å²) in [7, 11) is 0. The summed E-state index contributed by atoms with van der Waals surface area (Å²) < 4.78 is 5.10. The second-order valence-corrected chi connectivity index (χ2v) is 4.80. The topological polar surface area (TPSA) is 43.4 Å². The minimum Gasteiger partial charge on any atom is -0.423 e. The van der Waals surface area contributed by atoms with Gasteiger partial charge in [-0.15, -0.1) is 0 Å². The van der Waals surface area contributed by atoms with Crippen LogP contribution in [-0.4, -0.2) is 11.8 Å². The standard InChI is InChI=1S/C19H16O3/c1-14(2)19(21)22-17-11-8-15(9-12-17)10-13-18(20)16-6-4-3-5-7-16/h3-13H,1H2,2H3/b13-10-. The van der Waals surface area contributed by atoms with Gasteiger partial charge in [0.15, 0.2) is 5.78 Å². The summed E-state index contributed by atoms with van der Waals surface area (Å²) in [6.45, 7) is 5.12. The maximum Gasteiger partial charge on any atom is 0.338 e. The highest BCUT2D eigenvalue weighted by Gasteiger charge is 2.04. The molecule has 0 unspecified atom stereocenters. The molecule has 0 aliphatic carbocycles. The van der Waals surface area contributed by atoms with E-state index in [4.69, 9.17) is 4.74 Å². The minimum absolute atomic E-state index is 0.0570. The van der Waals surface area contributed by atoms with Crippen LogP contribution in [0.15, 0.2) is 72.8 Å². The first-order valence-electron chi connectivity index (χ1n) is 6.81. The molecule has 0 N–H and O–H groups in total. The number of benzene rings is 2. The zero-order valence-electron chi connectivity index (χ0n) is 12.3. The maximum absolute atomic E-state index is 11.9. The van der Waals surface area contributed by atoms with Crippen LogP contribution in [0.25, 0.3) is 6.08 Å². The summed E-state index contributed by atoms with van der Waals surface area (Å²) in [5, 5.41) is 0. The van der Waals surface area contributed by atoms with Crippen LogP contribution in [0.4, 0.5) is 0 Å². The van der Waals surface area contributed by atoms with Gasteiger partial charge in [-0.3, -0.25) is 4.79 Å². The first kappa shape index (κ1) is 15.4. The number of esters is 1. The number of hydrogen-bond donors (Lipinski definition) is 0. The zero-order valence-corrected chi connectivity index (χ0v) is 12.3.